The van der Waals surface area contributed by atoms with Crippen molar-refractivity contribution in [2.45, 2.75) is 25.3 Å². The second-order valence-electron chi connectivity index (χ2n) is 3.70. The highest BCUT2D eigenvalue weighted by Gasteiger charge is 2.29. The third-order valence-corrected chi connectivity index (χ3v) is 2.46. The molecule has 2 aromatic heterocycles. The minimum atomic E-state index is 0.379. The first-order valence-electron chi connectivity index (χ1n) is 4.99. The summed E-state index contributed by atoms with van der Waals surface area (Å²) >= 11 is 0. The minimum Gasteiger partial charge on any atom is -0.455 e. The van der Waals surface area contributed by atoms with Crippen LogP contribution in [0.3, 0.4) is 0 Å². The van der Waals surface area contributed by atoms with Crippen molar-refractivity contribution in [1.82, 2.24) is 10.1 Å². The largest absolute Gasteiger partial charge is 0.455 e. The van der Waals surface area contributed by atoms with Gasteiger partial charge in [-0.3, -0.25) is 0 Å². The molecule has 5 heteroatoms. The second kappa shape index (κ2) is 3.20. The van der Waals surface area contributed by atoms with E-state index in [1.807, 2.05) is 6.07 Å². The Hall–Kier alpha value is -1.62. The van der Waals surface area contributed by atoms with E-state index in [9.17, 15) is 0 Å². The number of nitrogens with two attached hydrogens (primary N) is 1. The summed E-state index contributed by atoms with van der Waals surface area (Å²) in [6, 6.07) is 3.61. The van der Waals surface area contributed by atoms with E-state index in [-0.39, 0.29) is 0 Å². The Labute approximate surface area is 86.3 Å². The first kappa shape index (κ1) is 8.67. The summed E-state index contributed by atoms with van der Waals surface area (Å²) in [6.07, 6.45) is 2.32. The average Bonchev–Trinajstić information content (AvgIpc) is 2.84. The molecule has 3 rings (SSSR count). The lowest BCUT2D eigenvalue weighted by Gasteiger charge is -1.87. The zero-order valence-electron chi connectivity index (χ0n) is 8.14. The van der Waals surface area contributed by atoms with Crippen molar-refractivity contribution in [2.75, 3.05) is 0 Å². The van der Waals surface area contributed by atoms with Gasteiger partial charge < -0.3 is 14.7 Å². The van der Waals surface area contributed by atoms with E-state index in [0.717, 1.165) is 24.4 Å². The highest BCUT2D eigenvalue weighted by molar-refractivity contribution is 5.44. The van der Waals surface area contributed by atoms with Crippen LogP contribution in [0.15, 0.2) is 21.1 Å². The Balaban J connectivity index is 1.90. The molecule has 0 spiro atoms. The zero-order chi connectivity index (χ0) is 10.3. The molecule has 78 valence electrons. The number of aromatic nitrogens is 2. The van der Waals surface area contributed by atoms with Crippen molar-refractivity contribution in [1.29, 1.82) is 0 Å². The SMILES string of the molecule is NCc1ccc(-c2nc(C3CC3)no2)o1. The van der Waals surface area contributed by atoms with Crippen molar-refractivity contribution >= 4 is 0 Å². The maximum absolute atomic E-state index is 5.44. The van der Waals surface area contributed by atoms with E-state index in [1.54, 1.807) is 6.07 Å². The van der Waals surface area contributed by atoms with Gasteiger partial charge in [-0.2, -0.15) is 4.98 Å². The van der Waals surface area contributed by atoms with Gasteiger partial charge in [-0.05, 0) is 25.0 Å². The van der Waals surface area contributed by atoms with Gasteiger partial charge >= 0.3 is 0 Å². The van der Waals surface area contributed by atoms with E-state index >= 15 is 0 Å². The molecule has 5 nitrogen and oxygen atoms in total. The molecule has 2 N–H and O–H groups in total. The van der Waals surface area contributed by atoms with E-state index in [4.69, 9.17) is 14.7 Å². The number of nitrogens with zero attached hydrogens (tertiary/aromatic N) is 2. The molecule has 0 unspecified atom stereocenters. The number of rotatable bonds is 3. The van der Waals surface area contributed by atoms with Crippen LogP contribution in [0.2, 0.25) is 0 Å². The fraction of sp³-hybridized carbons (Fsp3) is 0.400. The lowest BCUT2D eigenvalue weighted by Crippen LogP contribution is -1.92. The summed E-state index contributed by atoms with van der Waals surface area (Å²) < 4.78 is 10.5. The summed E-state index contributed by atoms with van der Waals surface area (Å²) in [5, 5.41) is 3.91. The highest BCUT2D eigenvalue weighted by atomic mass is 16.5. The van der Waals surface area contributed by atoms with Crippen LogP contribution >= 0.6 is 0 Å². The minimum absolute atomic E-state index is 0.379. The van der Waals surface area contributed by atoms with Crippen LogP contribution in [0.25, 0.3) is 11.7 Å². The van der Waals surface area contributed by atoms with Crippen molar-refractivity contribution in [3.8, 4) is 11.7 Å². The predicted octanol–water partition coefficient (Wildman–Crippen LogP) is 1.67. The molecule has 0 saturated heterocycles. The summed E-state index contributed by atoms with van der Waals surface area (Å²) in [5.41, 5.74) is 5.44. The molecule has 1 aliphatic rings. The van der Waals surface area contributed by atoms with Crippen LogP contribution in [0.5, 0.6) is 0 Å². The van der Waals surface area contributed by atoms with Crippen LogP contribution < -0.4 is 5.73 Å². The molecular formula is C10H11N3O2. The number of hydrogen-bond acceptors (Lipinski definition) is 5. The lowest BCUT2D eigenvalue weighted by molar-refractivity contribution is 0.405. The monoisotopic (exact) mass is 205 g/mol. The fourth-order valence-corrected chi connectivity index (χ4v) is 1.44. The Morgan fingerprint density at radius 2 is 2.27 bits per heavy atom. The van der Waals surface area contributed by atoms with Gasteiger partial charge in [0.2, 0.25) is 0 Å². The maximum atomic E-state index is 5.44. The molecule has 0 aromatic carbocycles. The standard InChI is InChI=1S/C10H11N3O2/c11-5-7-3-4-8(14-7)10-12-9(13-15-10)6-1-2-6/h3-4,6H,1-2,5,11H2. The molecule has 0 radical (unpaired) electrons. The van der Waals surface area contributed by atoms with E-state index in [2.05, 4.69) is 10.1 Å². The summed E-state index contributed by atoms with van der Waals surface area (Å²) in [5.74, 6) is 3.03. The Morgan fingerprint density at radius 3 is 2.93 bits per heavy atom. The Kier molecular flexibility index (Phi) is 1.85. The third-order valence-electron chi connectivity index (χ3n) is 2.46. The van der Waals surface area contributed by atoms with Crippen LogP contribution in [0, 0.1) is 0 Å². The normalized spacial score (nSPS) is 15.8. The van der Waals surface area contributed by atoms with Crippen molar-refractivity contribution in [3.05, 3.63) is 23.7 Å². The average molecular weight is 205 g/mol. The third kappa shape index (κ3) is 1.55. The second-order valence-corrected chi connectivity index (χ2v) is 3.70. The summed E-state index contributed by atoms with van der Waals surface area (Å²) in [4.78, 5) is 4.28. The van der Waals surface area contributed by atoms with E-state index in [0.29, 0.717) is 24.1 Å². The number of furan rings is 1. The van der Waals surface area contributed by atoms with Crippen LogP contribution in [0.1, 0.15) is 30.3 Å². The fourth-order valence-electron chi connectivity index (χ4n) is 1.44. The zero-order valence-corrected chi connectivity index (χ0v) is 8.14. The van der Waals surface area contributed by atoms with E-state index < -0.39 is 0 Å². The smallest absolute Gasteiger partial charge is 0.293 e. The van der Waals surface area contributed by atoms with Gasteiger partial charge in [-0.1, -0.05) is 5.16 Å². The van der Waals surface area contributed by atoms with Gasteiger partial charge in [0.1, 0.15) is 5.76 Å². The summed E-state index contributed by atoms with van der Waals surface area (Å²) in [6.45, 7) is 0.379. The maximum Gasteiger partial charge on any atom is 0.293 e. The van der Waals surface area contributed by atoms with Crippen molar-refractivity contribution in [3.63, 3.8) is 0 Å². The molecule has 1 saturated carbocycles. The molecule has 15 heavy (non-hydrogen) atoms. The van der Waals surface area contributed by atoms with Gasteiger partial charge in [0.25, 0.3) is 5.89 Å². The lowest BCUT2D eigenvalue weighted by atomic mass is 10.4. The van der Waals surface area contributed by atoms with Gasteiger partial charge in [-0.15, -0.1) is 0 Å². The molecular weight excluding hydrogens is 194 g/mol. The van der Waals surface area contributed by atoms with Crippen LogP contribution in [-0.4, -0.2) is 10.1 Å². The topological polar surface area (TPSA) is 78.1 Å². The Morgan fingerprint density at radius 1 is 1.40 bits per heavy atom. The van der Waals surface area contributed by atoms with E-state index in [1.165, 1.54) is 0 Å². The number of hydrogen-bond donors (Lipinski definition) is 1. The van der Waals surface area contributed by atoms with Crippen molar-refractivity contribution in [2.24, 2.45) is 5.73 Å². The summed E-state index contributed by atoms with van der Waals surface area (Å²) in [7, 11) is 0. The molecule has 0 bridgehead atoms. The van der Waals surface area contributed by atoms with Crippen LogP contribution in [0.4, 0.5) is 0 Å². The molecule has 1 aliphatic carbocycles. The highest BCUT2D eigenvalue weighted by Crippen LogP contribution is 2.38. The predicted molar refractivity (Wildman–Crippen MR) is 51.9 cm³/mol. The van der Waals surface area contributed by atoms with Crippen LogP contribution in [-0.2, 0) is 6.54 Å². The van der Waals surface area contributed by atoms with Crippen molar-refractivity contribution < 1.29 is 8.94 Å². The molecule has 2 aromatic rings. The molecule has 0 amide bonds. The molecule has 1 fully saturated rings. The van der Waals surface area contributed by atoms with Gasteiger partial charge in [0, 0.05) is 5.92 Å². The molecule has 0 aliphatic heterocycles. The first-order valence-corrected chi connectivity index (χ1v) is 4.99. The van der Waals surface area contributed by atoms with Gasteiger partial charge in [0.15, 0.2) is 11.6 Å². The van der Waals surface area contributed by atoms with Gasteiger partial charge in [0.05, 0.1) is 6.54 Å². The quantitative estimate of drug-likeness (QED) is 0.824. The first-order chi connectivity index (χ1) is 7.36. The molecule has 0 atom stereocenters. The molecule has 2 heterocycles. The Bertz CT molecular complexity index is 470. The van der Waals surface area contributed by atoms with Gasteiger partial charge in [-0.25, -0.2) is 0 Å².